The van der Waals surface area contributed by atoms with Crippen molar-refractivity contribution in [3.05, 3.63) is 60.2 Å². The summed E-state index contributed by atoms with van der Waals surface area (Å²) >= 11 is 0. The van der Waals surface area contributed by atoms with Crippen LogP contribution in [-0.2, 0) is 5.54 Å². The van der Waals surface area contributed by atoms with Crippen LogP contribution in [0.25, 0.3) is 22.5 Å². The Hall–Kier alpha value is -2.55. The number of rotatable bonds is 2. The molecule has 0 atom stereocenters. The lowest BCUT2D eigenvalue weighted by atomic mass is 10.0. The van der Waals surface area contributed by atoms with E-state index in [4.69, 9.17) is 5.10 Å². The average molecular weight is 306 g/mol. The van der Waals surface area contributed by atoms with E-state index >= 15 is 0 Å². The largest absolute Gasteiger partial charge is 0.504 e. The first kappa shape index (κ1) is 15.3. The Morgan fingerprint density at radius 2 is 1.52 bits per heavy atom. The van der Waals surface area contributed by atoms with E-state index in [1.807, 2.05) is 53.2 Å². The smallest absolute Gasteiger partial charge is 0.169 e. The van der Waals surface area contributed by atoms with Crippen LogP contribution in [0.1, 0.15) is 26.3 Å². The third-order valence-electron chi connectivity index (χ3n) is 3.94. The van der Waals surface area contributed by atoms with Crippen LogP contribution in [0.2, 0.25) is 0 Å². The van der Waals surface area contributed by atoms with Gasteiger partial charge >= 0.3 is 0 Å². The summed E-state index contributed by atoms with van der Waals surface area (Å²) in [6, 6.07) is 17.9. The number of benzene rings is 2. The van der Waals surface area contributed by atoms with Crippen molar-refractivity contribution in [2.24, 2.45) is 0 Å². The van der Waals surface area contributed by atoms with E-state index in [2.05, 4.69) is 33.8 Å². The quantitative estimate of drug-likeness (QED) is 0.724. The second-order valence-electron chi connectivity index (χ2n) is 6.81. The molecule has 0 bridgehead atoms. The van der Waals surface area contributed by atoms with Crippen molar-refractivity contribution >= 4 is 0 Å². The van der Waals surface area contributed by atoms with Crippen LogP contribution in [0.3, 0.4) is 0 Å². The molecule has 3 rings (SSSR count). The van der Waals surface area contributed by atoms with Crippen LogP contribution >= 0.6 is 0 Å². The number of aromatic nitrogens is 2. The number of nitrogens with zero attached hydrogens (tertiary/aromatic N) is 2. The molecule has 0 saturated heterocycles. The van der Waals surface area contributed by atoms with Crippen molar-refractivity contribution in [3.8, 4) is 28.3 Å². The second-order valence-corrected chi connectivity index (χ2v) is 6.81. The molecule has 2 aromatic carbocycles. The molecule has 0 saturated carbocycles. The fourth-order valence-corrected chi connectivity index (χ4v) is 2.77. The van der Waals surface area contributed by atoms with Crippen molar-refractivity contribution < 1.29 is 5.11 Å². The Labute approximate surface area is 137 Å². The lowest BCUT2D eigenvalue weighted by molar-refractivity contribution is 0.359. The van der Waals surface area contributed by atoms with Gasteiger partial charge in [-0.2, -0.15) is 5.10 Å². The molecule has 0 amide bonds. The zero-order valence-corrected chi connectivity index (χ0v) is 14.0. The van der Waals surface area contributed by atoms with Crippen LogP contribution in [-0.4, -0.2) is 14.9 Å². The maximum atomic E-state index is 10.9. The monoisotopic (exact) mass is 306 g/mol. The number of hydrogen-bond acceptors (Lipinski definition) is 2. The average Bonchev–Trinajstić information content (AvgIpc) is 2.86. The van der Waals surface area contributed by atoms with E-state index in [9.17, 15) is 5.11 Å². The highest BCUT2D eigenvalue weighted by Crippen LogP contribution is 2.41. The molecule has 0 aliphatic carbocycles. The molecule has 0 aliphatic heterocycles. The van der Waals surface area contributed by atoms with E-state index in [0.717, 1.165) is 22.4 Å². The Morgan fingerprint density at radius 1 is 0.913 bits per heavy atom. The van der Waals surface area contributed by atoms with Gasteiger partial charge in [0.1, 0.15) is 11.4 Å². The molecule has 1 N–H and O–H groups in total. The van der Waals surface area contributed by atoms with Gasteiger partial charge in [-0.15, -0.1) is 0 Å². The van der Waals surface area contributed by atoms with Crippen LogP contribution in [0.5, 0.6) is 5.75 Å². The summed E-state index contributed by atoms with van der Waals surface area (Å²) in [5, 5.41) is 15.7. The first-order valence-corrected chi connectivity index (χ1v) is 7.83. The Bertz CT molecular complexity index is 827. The van der Waals surface area contributed by atoms with Crippen LogP contribution in [0.4, 0.5) is 0 Å². The number of hydrogen-bond donors (Lipinski definition) is 1. The van der Waals surface area contributed by atoms with Gasteiger partial charge in [-0.1, -0.05) is 54.6 Å². The number of aryl methyl sites for hydroxylation is 1. The molecule has 0 unspecified atom stereocenters. The van der Waals surface area contributed by atoms with Crippen molar-refractivity contribution in [3.63, 3.8) is 0 Å². The van der Waals surface area contributed by atoms with Gasteiger partial charge in [0.15, 0.2) is 5.75 Å². The van der Waals surface area contributed by atoms with E-state index in [1.165, 1.54) is 0 Å². The van der Waals surface area contributed by atoms with Gasteiger partial charge in [0.25, 0.3) is 0 Å². The Morgan fingerprint density at radius 3 is 2.13 bits per heavy atom. The van der Waals surface area contributed by atoms with Crippen molar-refractivity contribution in [1.29, 1.82) is 0 Å². The zero-order valence-electron chi connectivity index (χ0n) is 14.0. The third kappa shape index (κ3) is 2.74. The molecule has 3 aromatic rings. The highest BCUT2D eigenvalue weighted by molar-refractivity contribution is 5.79. The van der Waals surface area contributed by atoms with Gasteiger partial charge in [0.2, 0.25) is 0 Å². The predicted molar refractivity (Wildman–Crippen MR) is 94.5 cm³/mol. The standard InChI is InChI=1S/C20H22N2O/c1-14-10-8-9-13-16(14)18-19(23)17(15-11-6-5-7-12-15)21-22(18)20(2,3)4/h5-13,23H,1-4H3. The topological polar surface area (TPSA) is 38.1 Å². The summed E-state index contributed by atoms with van der Waals surface area (Å²) < 4.78 is 1.92. The number of aromatic hydroxyl groups is 1. The molecule has 1 aromatic heterocycles. The van der Waals surface area contributed by atoms with Crippen molar-refractivity contribution in [1.82, 2.24) is 9.78 Å². The first-order chi connectivity index (χ1) is 10.9. The van der Waals surface area contributed by atoms with Crippen molar-refractivity contribution in [2.75, 3.05) is 0 Å². The molecular weight excluding hydrogens is 284 g/mol. The molecule has 3 nitrogen and oxygen atoms in total. The summed E-state index contributed by atoms with van der Waals surface area (Å²) in [5.41, 5.74) is 4.21. The van der Waals surface area contributed by atoms with E-state index in [0.29, 0.717) is 5.69 Å². The predicted octanol–water partition coefficient (Wildman–Crippen LogP) is 4.99. The molecule has 0 aliphatic rings. The van der Waals surface area contributed by atoms with Gasteiger partial charge in [-0.25, -0.2) is 0 Å². The maximum Gasteiger partial charge on any atom is 0.169 e. The zero-order chi connectivity index (χ0) is 16.6. The second kappa shape index (κ2) is 5.58. The molecular formula is C20H22N2O. The normalized spacial score (nSPS) is 11.7. The summed E-state index contributed by atoms with van der Waals surface area (Å²) in [7, 11) is 0. The highest BCUT2D eigenvalue weighted by atomic mass is 16.3. The fraction of sp³-hybridized carbons (Fsp3) is 0.250. The van der Waals surface area contributed by atoms with Gasteiger partial charge in [0, 0.05) is 11.1 Å². The van der Waals surface area contributed by atoms with E-state index in [1.54, 1.807) is 0 Å². The van der Waals surface area contributed by atoms with Gasteiger partial charge in [-0.3, -0.25) is 4.68 Å². The van der Waals surface area contributed by atoms with E-state index in [-0.39, 0.29) is 11.3 Å². The molecule has 1 heterocycles. The SMILES string of the molecule is Cc1ccccc1-c1c(O)c(-c2ccccc2)nn1C(C)(C)C. The van der Waals surface area contributed by atoms with Crippen molar-refractivity contribution in [2.45, 2.75) is 33.2 Å². The van der Waals surface area contributed by atoms with Gasteiger partial charge < -0.3 is 5.11 Å². The molecule has 0 radical (unpaired) electrons. The molecule has 23 heavy (non-hydrogen) atoms. The summed E-state index contributed by atoms with van der Waals surface area (Å²) in [4.78, 5) is 0. The van der Waals surface area contributed by atoms with Crippen LogP contribution in [0, 0.1) is 6.92 Å². The van der Waals surface area contributed by atoms with Crippen LogP contribution in [0.15, 0.2) is 54.6 Å². The minimum Gasteiger partial charge on any atom is -0.504 e. The minimum absolute atomic E-state index is 0.234. The first-order valence-electron chi connectivity index (χ1n) is 7.83. The van der Waals surface area contributed by atoms with Crippen LogP contribution < -0.4 is 0 Å². The van der Waals surface area contributed by atoms with E-state index < -0.39 is 0 Å². The minimum atomic E-state index is -0.234. The molecule has 3 heteroatoms. The maximum absolute atomic E-state index is 10.9. The lowest BCUT2D eigenvalue weighted by Crippen LogP contribution is -2.24. The Balaban J connectivity index is 2.31. The highest BCUT2D eigenvalue weighted by Gasteiger charge is 2.27. The van der Waals surface area contributed by atoms with Gasteiger partial charge in [-0.05, 0) is 33.3 Å². The summed E-state index contributed by atoms with van der Waals surface area (Å²) in [5.74, 6) is 0.237. The third-order valence-corrected chi connectivity index (χ3v) is 3.94. The summed E-state index contributed by atoms with van der Waals surface area (Å²) in [6.45, 7) is 8.33. The molecule has 0 spiro atoms. The Kier molecular flexibility index (Phi) is 3.72. The molecule has 0 fully saturated rings. The lowest BCUT2D eigenvalue weighted by Gasteiger charge is -2.23. The molecule has 118 valence electrons. The van der Waals surface area contributed by atoms with Gasteiger partial charge in [0.05, 0.1) is 5.54 Å². The summed E-state index contributed by atoms with van der Waals surface area (Å²) in [6.07, 6.45) is 0. The fourth-order valence-electron chi connectivity index (χ4n) is 2.77.